The second-order valence-corrected chi connectivity index (χ2v) is 22.6. The lowest BCUT2D eigenvalue weighted by Gasteiger charge is -2.45. The van der Waals surface area contributed by atoms with Crippen molar-refractivity contribution in [3.8, 4) is 11.1 Å². The summed E-state index contributed by atoms with van der Waals surface area (Å²) < 4.78 is 28.3. The third-order valence-corrected chi connectivity index (χ3v) is 23.4. The molecule has 3 rings (SSSR count). The van der Waals surface area contributed by atoms with Crippen LogP contribution in [0.4, 0.5) is 8.78 Å². The molecular formula is C18H22F2Si2. The zero-order valence-corrected chi connectivity index (χ0v) is 16.1. The normalized spacial score (nSPS) is 17.8. The van der Waals surface area contributed by atoms with Crippen molar-refractivity contribution in [3.05, 3.63) is 47.0 Å². The van der Waals surface area contributed by atoms with Gasteiger partial charge in [-0.1, -0.05) is 48.7 Å². The van der Waals surface area contributed by atoms with Gasteiger partial charge in [0.05, 0.1) is 15.2 Å². The summed E-state index contributed by atoms with van der Waals surface area (Å²) in [5.74, 6) is -0.395. The van der Waals surface area contributed by atoms with Crippen molar-refractivity contribution in [1.29, 1.82) is 0 Å². The molecule has 2 aromatic carbocycles. The zero-order valence-electron chi connectivity index (χ0n) is 14.1. The molecule has 0 bridgehead atoms. The predicted molar refractivity (Wildman–Crippen MR) is 95.5 cm³/mol. The van der Waals surface area contributed by atoms with E-state index < -0.39 is 15.2 Å². The molecule has 0 amide bonds. The van der Waals surface area contributed by atoms with Gasteiger partial charge in [-0.25, -0.2) is 8.78 Å². The summed E-state index contributed by atoms with van der Waals surface area (Å²) in [4.78, 5) is 0. The smallest absolute Gasteiger partial charge is 0.126 e. The summed E-state index contributed by atoms with van der Waals surface area (Å²) in [7, 11) is -3.47. The lowest BCUT2D eigenvalue weighted by molar-refractivity contribution is 0.617. The first kappa shape index (κ1) is 15.6. The van der Waals surface area contributed by atoms with E-state index in [4.69, 9.17) is 0 Å². The fourth-order valence-electron chi connectivity index (χ4n) is 3.52. The van der Waals surface area contributed by atoms with E-state index in [1.54, 1.807) is 12.1 Å². The van der Waals surface area contributed by atoms with Crippen molar-refractivity contribution >= 4 is 25.6 Å². The average molecular weight is 333 g/mol. The van der Waals surface area contributed by atoms with Gasteiger partial charge in [0.25, 0.3) is 0 Å². The van der Waals surface area contributed by atoms with E-state index in [1.807, 2.05) is 26.0 Å². The molecule has 0 nitrogen and oxygen atoms in total. The molecule has 0 fully saturated rings. The molecule has 22 heavy (non-hydrogen) atoms. The van der Waals surface area contributed by atoms with Gasteiger partial charge >= 0.3 is 0 Å². The number of fused-ring (bicyclic) bond motifs is 3. The monoisotopic (exact) mass is 332 g/mol. The number of hydrogen-bond donors (Lipinski definition) is 0. The van der Waals surface area contributed by atoms with Crippen LogP contribution in [-0.2, 0) is 0 Å². The van der Waals surface area contributed by atoms with Crippen molar-refractivity contribution in [2.75, 3.05) is 0 Å². The van der Waals surface area contributed by atoms with Crippen molar-refractivity contribution in [2.24, 2.45) is 0 Å². The summed E-state index contributed by atoms with van der Waals surface area (Å²) in [6.07, 6.45) is 0. The van der Waals surface area contributed by atoms with Crippen LogP contribution < -0.4 is 10.4 Å². The minimum absolute atomic E-state index is 0.197. The SMILES string of the molecule is Cc1cc2c(cc1F)-c1cc(F)c(C)cc1[Si](C)(C)[Si]2(C)C. The van der Waals surface area contributed by atoms with Gasteiger partial charge < -0.3 is 0 Å². The lowest BCUT2D eigenvalue weighted by atomic mass is 10.0. The van der Waals surface area contributed by atoms with Gasteiger partial charge in [-0.3, -0.25) is 0 Å². The highest BCUT2D eigenvalue weighted by atomic mass is 29.3. The van der Waals surface area contributed by atoms with E-state index in [9.17, 15) is 8.78 Å². The number of halogens is 2. The lowest BCUT2D eigenvalue weighted by Crippen LogP contribution is -2.72. The minimum Gasteiger partial charge on any atom is -0.207 e. The minimum atomic E-state index is -1.73. The van der Waals surface area contributed by atoms with Crippen molar-refractivity contribution < 1.29 is 8.78 Å². The predicted octanol–water partition coefficient (Wildman–Crippen LogP) is 4.17. The van der Waals surface area contributed by atoms with Gasteiger partial charge in [0, 0.05) is 0 Å². The molecular weight excluding hydrogens is 310 g/mol. The third-order valence-electron chi connectivity index (χ3n) is 5.80. The van der Waals surface area contributed by atoms with Crippen LogP contribution in [0.3, 0.4) is 0 Å². The van der Waals surface area contributed by atoms with Crippen LogP contribution in [0.15, 0.2) is 24.3 Å². The largest absolute Gasteiger partial charge is 0.207 e. The summed E-state index contributed by atoms with van der Waals surface area (Å²) >= 11 is 0. The summed E-state index contributed by atoms with van der Waals surface area (Å²) in [5, 5.41) is 2.58. The number of rotatable bonds is 0. The molecule has 2 aromatic rings. The first-order valence-electron chi connectivity index (χ1n) is 7.69. The van der Waals surface area contributed by atoms with Gasteiger partial charge in [-0.05, 0) is 48.2 Å². The highest BCUT2D eigenvalue weighted by Crippen LogP contribution is 2.34. The van der Waals surface area contributed by atoms with Crippen LogP contribution >= 0.6 is 0 Å². The molecule has 0 aliphatic carbocycles. The maximum absolute atomic E-state index is 14.2. The molecule has 1 aliphatic rings. The Hall–Kier alpha value is -1.27. The topological polar surface area (TPSA) is 0 Å². The van der Waals surface area contributed by atoms with E-state index in [1.165, 1.54) is 10.4 Å². The van der Waals surface area contributed by atoms with Gasteiger partial charge in [-0.15, -0.1) is 0 Å². The first-order chi connectivity index (χ1) is 10.1. The molecule has 1 aliphatic heterocycles. The Morgan fingerprint density at radius 1 is 0.636 bits per heavy atom. The Morgan fingerprint density at radius 3 is 1.27 bits per heavy atom. The van der Waals surface area contributed by atoms with E-state index in [0.29, 0.717) is 11.1 Å². The van der Waals surface area contributed by atoms with Crippen LogP contribution in [0.1, 0.15) is 11.1 Å². The molecule has 4 heteroatoms. The Bertz CT molecular complexity index is 725. The summed E-state index contributed by atoms with van der Waals surface area (Å²) in [6, 6.07) is 7.28. The van der Waals surface area contributed by atoms with Crippen LogP contribution in [0.2, 0.25) is 26.2 Å². The Labute approximate surface area is 133 Å². The first-order valence-corrected chi connectivity index (χ1v) is 14.7. The van der Waals surface area contributed by atoms with Crippen LogP contribution in [0, 0.1) is 25.5 Å². The molecule has 0 saturated heterocycles. The molecule has 0 saturated carbocycles. The highest BCUT2D eigenvalue weighted by Gasteiger charge is 2.49. The Morgan fingerprint density at radius 2 is 0.955 bits per heavy atom. The van der Waals surface area contributed by atoms with Gasteiger partial charge in [0.15, 0.2) is 0 Å². The molecule has 1 heterocycles. The highest BCUT2D eigenvalue weighted by molar-refractivity contribution is 7.50. The standard InChI is InChI=1S/C18H22F2Si2/c1-11-7-17-13(9-15(11)19)14-10-16(20)12(2)8-18(14)22(5,6)21(17,3)4/h7-10H,1-6H3. The van der Waals surface area contributed by atoms with Crippen LogP contribution in [-0.4, -0.2) is 15.2 Å². The van der Waals surface area contributed by atoms with Gasteiger partial charge in [0.1, 0.15) is 11.6 Å². The van der Waals surface area contributed by atoms with E-state index >= 15 is 0 Å². The molecule has 0 unspecified atom stereocenters. The summed E-state index contributed by atoms with van der Waals surface area (Å²) in [6.45, 7) is 13.2. The van der Waals surface area contributed by atoms with Crippen LogP contribution in [0.25, 0.3) is 11.1 Å². The molecule has 0 N–H and O–H groups in total. The average Bonchev–Trinajstić information content (AvgIpc) is 2.42. The number of hydrogen-bond acceptors (Lipinski definition) is 0. The van der Waals surface area contributed by atoms with Crippen LogP contribution in [0.5, 0.6) is 0 Å². The molecule has 116 valence electrons. The number of benzene rings is 2. The maximum Gasteiger partial charge on any atom is 0.126 e. The Balaban J connectivity index is 2.47. The second kappa shape index (κ2) is 4.62. The second-order valence-electron chi connectivity index (χ2n) is 7.54. The zero-order chi connectivity index (χ0) is 16.4. The fourth-order valence-corrected chi connectivity index (χ4v) is 13.1. The van der Waals surface area contributed by atoms with E-state index in [2.05, 4.69) is 26.2 Å². The fraction of sp³-hybridized carbons (Fsp3) is 0.333. The number of aryl methyl sites for hydroxylation is 2. The van der Waals surface area contributed by atoms with E-state index in [0.717, 1.165) is 11.1 Å². The van der Waals surface area contributed by atoms with E-state index in [-0.39, 0.29) is 11.6 Å². The molecule has 0 aromatic heterocycles. The molecule has 0 spiro atoms. The molecule has 0 radical (unpaired) electrons. The van der Waals surface area contributed by atoms with Crippen molar-refractivity contribution in [2.45, 2.75) is 40.0 Å². The maximum atomic E-state index is 14.2. The summed E-state index contributed by atoms with van der Waals surface area (Å²) in [5.41, 5.74) is 3.22. The molecule has 0 atom stereocenters. The van der Waals surface area contributed by atoms with Gasteiger partial charge in [-0.2, -0.15) is 0 Å². The van der Waals surface area contributed by atoms with Crippen molar-refractivity contribution in [1.82, 2.24) is 0 Å². The third kappa shape index (κ3) is 1.90. The van der Waals surface area contributed by atoms with Crippen molar-refractivity contribution in [3.63, 3.8) is 0 Å². The quantitative estimate of drug-likeness (QED) is 0.635. The Kier molecular flexibility index (Phi) is 3.28. The van der Waals surface area contributed by atoms with Gasteiger partial charge in [0.2, 0.25) is 0 Å².